The number of halogens is 1. The van der Waals surface area contributed by atoms with Gasteiger partial charge in [0.15, 0.2) is 5.17 Å². The summed E-state index contributed by atoms with van der Waals surface area (Å²) in [4.78, 5) is 22.1. The highest BCUT2D eigenvalue weighted by Crippen LogP contribution is 2.22. The zero-order valence-electron chi connectivity index (χ0n) is 11.0. The fourth-order valence-electron chi connectivity index (χ4n) is 1.65. The van der Waals surface area contributed by atoms with Gasteiger partial charge in [0.05, 0.1) is 12.6 Å². The highest BCUT2D eigenvalue weighted by atomic mass is 127. The van der Waals surface area contributed by atoms with E-state index in [0.29, 0.717) is 5.17 Å². The molecule has 0 spiro atoms. The molecule has 1 atom stereocenters. The molecule has 1 fully saturated rings. The van der Waals surface area contributed by atoms with Crippen LogP contribution in [0.2, 0.25) is 0 Å². The minimum absolute atomic E-state index is 0.227. The van der Waals surface area contributed by atoms with Gasteiger partial charge in [0.1, 0.15) is 5.25 Å². The third kappa shape index (κ3) is 4.27. The van der Waals surface area contributed by atoms with Gasteiger partial charge >= 0.3 is 5.97 Å². The number of amidine groups is 1. The number of benzene rings is 1. The van der Waals surface area contributed by atoms with Gasteiger partial charge in [-0.15, -0.1) is 5.10 Å². The van der Waals surface area contributed by atoms with Gasteiger partial charge in [0.2, 0.25) is 5.91 Å². The van der Waals surface area contributed by atoms with Crippen LogP contribution >= 0.6 is 34.4 Å². The van der Waals surface area contributed by atoms with E-state index in [2.05, 4.69) is 38.1 Å². The van der Waals surface area contributed by atoms with Gasteiger partial charge in [-0.1, -0.05) is 23.9 Å². The Morgan fingerprint density at radius 1 is 1.57 bits per heavy atom. The molecule has 110 valence electrons. The lowest BCUT2D eigenvalue weighted by atomic mass is 10.1. The van der Waals surface area contributed by atoms with Crippen LogP contribution in [0.25, 0.3) is 0 Å². The molecule has 0 aliphatic carbocycles. The third-order valence-electron chi connectivity index (χ3n) is 2.79. The van der Waals surface area contributed by atoms with E-state index in [1.807, 2.05) is 25.1 Å². The van der Waals surface area contributed by atoms with E-state index in [9.17, 15) is 9.59 Å². The van der Waals surface area contributed by atoms with Gasteiger partial charge in [0, 0.05) is 3.57 Å². The Hall–Kier alpha value is -1.42. The fourth-order valence-corrected chi connectivity index (χ4v) is 3.09. The zero-order chi connectivity index (χ0) is 15.4. The first kappa shape index (κ1) is 16.0. The number of hydrogen-bond donors (Lipinski definition) is 2. The summed E-state index contributed by atoms with van der Waals surface area (Å²) in [5.41, 5.74) is 2.05. The zero-order valence-corrected chi connectivity index (χ0v) is 14.0. The van der Waals surface area contributed by atoms with Crippen LogP contribution in [-0.4, -0.2) is 33.6 Å². The van der Waals surface area contributed by atoms with Crippen molar-refractivity contribution >= 4 is 57.6 Å². The molecule has 1 aromatic rings. The maximum Gasteiger partial charge on any atom is 0.305 e. The number of nitrogens with one attached hydrogen (secondary N) is 1. The first-order valence-electron chi connectivity index (χ1n) is 6.03. The molecule has 6 nitrogen and oxygen atoms in total. The van der Waals surface area contributed by atoms with Crippen molar-refractivity contribution in [2.75, 3.05) is 0 Å². The maximum atomic E-state index is 11.5. The van der Waals surface area contributed by atoms with E-state index in [4.69, 9.17) is 5.11 Å². The van der Waals surface area contributed by atoms with Crippen LogP contribution < -0.4 is 5.32 Å². The highest BCUT2D eigenvalue weighted by Gasteiger charge is 2.32. The van der Waals surface area contributed by atoms with Crippen LogP contribution in [0.5, 0.6) is 0 Å². The van der Waals surface area contributed by atoms with E-state index in [1.54, 1.807) is 6.21 Å². The quantitative estimate of drug-likeness (QED) is 0.446. The molecule has 0 aromatic heterocycles. The summed E-state index contributed by atoms with van der Waals surface area (Å²) in [6.45, 7) is 1.99. The number of nitrogens with zero attached hydrogens (tertiary/aromatic N) is 2. The van der Waals surface area contributed by atoms with Gasteiger partial charge in [0.25, 0.3) is 0 Å². The summed E-state index contributed by atoms with van der Waals surface area (Å²) in [5.74, 6) is -1.36. The Morgan fingerprint density at radius 2 is 2.33 bits per heavy atom. The predicted octanol–water partition coefficient (Wildman–Crippen LogP) is 2.00. The molecular weight excluding hydrogens is 405 g/mol. The van der Waals surface area contributed by atoms with Gasteiger partial charge < -0.3 is 10.4 Å². The Kier molecular flexibility index (Phi) is 5.34. The number of carboxylic acids is 1. The molecule has 2 N–H and O–H groups in total. The van der Waals surface area contributed by atoms with Crippen molar-refractivity contribution in [1.29, 1.82) is 0 Å². The van der Waals surface area contributed by atoms with Crippen LogP contribution in [0, 0.1) is 10.5 Å². The van der Waals surface area contributed by atoms with Crippen molar-refractivity contribution in [3.05, 3.63) is 32.9 Å². The second kappa shape index (κ2) is 7.03. The van der Waals surface area contributed by atoms with Gasteiger partial charge in [-0.25, -0.2) is 0 Å². The monoisotopic (exact) mass is 417 g/mol. The average Bonchev–Trinajstić information content (AvgIpc) is 2.74. The summed E-state index contributed by atoms with van der Waals surface area (Å²) < 4.78 is 1.13. The standard InChI is InChI=1S/C13H12IN3O3S/c1-7-8(3-2-4-9(7)14)6-15-17-13-16-12(20)10(21-13)5-11(18)19/h2-4,6,10H,5H2,1H3,(H,18,19)(H,16,17,20). The molecule has 1 unspecified atom stereocenters. The van der Waals surface area contributed by atoms with Crippen molar-refractivity contribution in [2.24, 2.45) is 10.2 Å². The number of amides is 1. The van der Waals surface area contributed by atoms with Crippen LogP contribution in [0.15, 0.2) is 28.4 Å². The Bertz CT molecular complexity index is 646. The van der Waals surface area contributed by atoms with Crippen molar-refractivity contribution < 1.29 is 14.7 Å². The number of carbonyl (C=O) groups excluding carboxylic acids is 1. The smallest absolute Gasteiger partial charge is 0.305 e. The number of rotatable bonds is 4. The van der Waals surface area contributed by atoms with Crippen LogP contribution in [-0.2, 0) is 9.59 Å². The number of hydrogen-bond acceptors (Lipinski definition) is 5. The van der Waals surface area contributed by atoms with Crippen LogP contribution in [0.3, 0.4) is 0 Å². The van der Waals surface area contributed by atoms with E-state index in [0.717, 1.165) is 26.5 Å². The number of aliphatic carboxylic acids is 1. The molecule has 2 rings (SSSR count). The molecule has 1 aliphatic rings. The van der Waals surface area contributed by atoms with E-state index >= 15 is 0 Å². The SMILES string of the molecule is Cc1c(I)cccc1C=NN=C1NC(=O)C(CC(=O)O)S1. The fraction of sp³-hybridized carbons (Fsp3) is 0.231. The number of carbonyl (C=O) groups is 2. The molecular formula is C13H12IN3O3S. The van der Waals surface area contributed by atoms with Crippen LogP contribution in [0.1, 0.15) is 17.5 Å². The largest absolute Gasteiger partial charge is 0.481 e. The van der Waals surface area contributed by atoms with Crippen molar-refractivity contribution in [2.45, 2.75) is 18.6 Å². The molecule has 1 heterocycles. The molecule has 1 amide bonds. The van der Waals surface area contributed by atoms with E-state index in [1.165, 1.54) is 0 Å². The molecule has 1 aromatic carbocycles. The molecule has 0 radical (unpaired) electrons. The second-order valence-electron chi connectivity index (χ2n) is 4.30. The van der Waals surface area contributed by atoms with Crippen molar-refractivity contribution in [1.82, 2.24) is 5.32 Å². The number of carboxylic acid groups (broad SMARTS) is 1. The first-order valence-corrected chi connectivity index (χ1v) is 7.98. The lowest BCUT2D eigenvalue weighted by molar-refractivity contribution is -0.138. The minimum atomic E-state index is -1.01. The van der Waals surface area contributed by atoms with E-state index < -0.39 is 11.2 Å². The highest BCUT2D eigenvalue weighted by molar-refractivity contribution is 14.1. The minimum Gasteiger partial charge on any atom is -0.481 e. The van der Waals surface area contributed by atoms with Crippen LogP contribution in [0.4, 0.5) is 0 Å². The average molecular weight is 417 g/mol. The Labute approximate surface area is 139 Å². The summed E-state index contributed by atoms with van der Waals surface area (Å²) >= 11 is 3.32. The molecule has 21 heavy (non-hydrogen) atoms. The molecule has 1 saturated heterocycles. The summed E-state index contributed by atoms with van der Waals surface area (Å²) in [7, 11) is 0. The lowest BCUT2D eigenvalue weighted by Gasteiger charge is -2.00. The van der Waals surface area contributed by atoms with Gasteiger partial charge in [-0.2, -0.15) is 5.10 Å². The second-order valence-corrected chi connectivity index (χ2v) is 6.65. The summed E-state index contributed by atoms with van der Waals surface area (Å²) in [6, 6.07) is 5.86. The van der Waals surface area contributed by atoms with Gasteiger partial charge in [-0.3, -0.25) is 9.59 Å². The number of thioether (sulfide) groups is 1. The molecule has 1 aliphatic heterocycles. The van der Waals surface area contributed by atoms with Crippen molar-refractivity contribution in [3.63, 3.8) is 0 Å². The first-order chi connectivity index (χ1) is 9.97. The third-order valence-corrected chi connectivity index (χ3v) is 5.03. The van der Waals surface area contributed by atoms with Crippen molar-refractivity contribution in [3.8, 4) is 0 Å². The Balaban J connectivity index is 2.05. The lowest BCUT2D eigenvalue weighted by Crippen LogP contribution is -2.26. The molecule has 0 bridgehead atoms. The molecule has 8 heteroatoms. The topological polar surface area (TPSA) is 91.1 Å². The van der Waals surface area contributed by atoms with Gasteiger partial charge in [-0.05, 0) is 46.7 Å². The predicted molar refractivity (Wildman–Crippen MR) is 90.7 cm³/mol. The normalized spacial score (nSPS) is 20.2. The Morgan fingerprint density at radius 3 is 3.05 bits per heavy atom. The maximum absolute atomic E-state index is 11.5. The summed E-state index contributed by atoms with van der Waals surface area (Å²) in [6.07, 6.45) is 1.39. The van der Waals surface area contributed by atoms with E-state index in [-0.39, 0.29) is 12.3 Å². The molecule has 0 saturated carbocycles. The summed E-state index contributed by atoms with van der Waals surface area (Å²) in [5, 5.41) is 18.8.